The Kier molecular flexibility index (Phi) is 4.91. The number of piperidine rings is 1. The smallest absolute Gasteiger partial charge is 0.227 e. The van der Waals surface area contributed by atoms with Gasteiger partial charge in [-0.25, -0.2) is 14.4 Å². The third-order valence-corrected chi connectivity index (χ3v) is 4.88. The minimum absolute atomic E-state index is 0.0550. The van der Waals surface area contributed by atoms with E-state index in [-0.39, 0.29) is 24.1 Å². The highest BCUT2D eigenvalue weighted by molar-refractivity contribution is 5.79. The van der Waals surface area contributed by atoms with Crippen molar-refractivity contribution in [1.29, 1.82) is 0 Å². The molecule has 7 heteroatoms. The number of nitrogens with zero attached hydrogens (tertiary/aromatic N) is 5. The van der Waals surface area contributed by atoms with Gasteiger partial charge in [-0.1, -0.05) is 12.1 Å². The van der Waals surface area contributed by atoms with Gasteiger partial charge in [0.2, 0.25) is 5.91 Å². The number of hydrogen-bond acceptors (Lipinski definition) is 4. The van der Waals surface area contributed by atoms with Gasteiger partial charge in [-0.3, -0.25) is 14.3 Å². The molecular formula is C20H20FN5O. The van der Waals surface area contributed by atoms with E-state index < -0.39 is 0 Å². The molecule has 138 valence electrons. The van der Waals surface area contributed by atoms with Gasteiger partial charge < -0.3 is 4.90 Å². The highest BCUT2D eigenvalue weighted by Crippen LogP contribution is 2.29. The third kappa shape index (κ3) is 3.86. The summed E-state index contributed by atoms with van der Waals surface area (Å²) in [5, 5.41) is 0. The maximum Gasteiger partial charge on any atom is 0.227 e. The van der Waals surface area contributed by atoms with Gasteiger partial charge in [0, 0.05) is 43.8 Å². The lowest BCUT2D eigenvalue weighted by Crippen LogP contribution is -2.40. The van der Waals surface area contributed by atoms with Crippen molar-refractivity contribution in [3.63, 3.8) is 0 Å². The molecule has 1 fully saturated rings. The molecule has 1 aliphatic rings. The Balaban J connectivity index is 1.50. The van der Waals surface area contributed by atoms with Crippen LogP contribution in [0.5, 0.6) is 0 Å². The number of amides is 1. The van der Waals surface area contributed by atoms with Crippen LogP contribution in [0.15, 0.2) is 55.4 Å². The number of rotatable bonds is 4. The van der Waals surface area contributed by atoms with Crippen molar-refractivity contribution >= 4 is 5.91 Å². The van der Waals surface area contributed by atoms with Gasteiger partial charge in [0.15, 0.2) is 5.82 Å². The number of benzene rings is 1. The molecule has 3 heterocycles. The maximum absolute atomic E-state index is 13.1. The molecule has 2 aromatic heterocycles. The van der Waals surface area contributed by atoms with Crippen LogP contribution in [0.1, 0.15) is 30.0 Å². The minimum atomic E-state index is -0.293. The monoisotopic (exact) mass is 365 g/mol. The zero-order chi connectivity index (χ0) is 18.6. The molecule has 27 heavy (non-hydrogen) atoms. The maximum atomic E-state index is 13.1. The average molecular weight is 365 g/mol. The minimum Gasteiger partial charge on any atom is -0.342 e. The number of likely N-dealkylation sites (tertiary alicyclic amines) is 1. The van der Waals surface area contributed by atoms with Gasteiger partial charge >= 0.3 is 0 Å². The van der Waals surface area contributed by atoms with E-state index in [4.69, 9.17) is 0 Å². The quantitative estimate of drug-likeness (QED) is 0.713. The molecule has 1 aliphatic heterocycles. The predicted octanol–water partition coefficient (Wildman–Crippen LogP) is 2.75. The Morgan fingerprint density at radius 2 is 1.96 bits per heavy atom. The molecule has 6 nitrogen and oxygen atoms in total. The van der Waals surface area contributed by atoms with E-state index in [1.54, 1.807) is 37.1 Å². The molecule has 0 N–H and O–H groups in total. The fourth-order valence-electron chi connectivity index (χ4n) is 3.53. The summed E-state index contributed by atoms with van der Waals surface area (Å²) in [5.74, 6) is 0.646. The highest BCUT2D eigenvalue weighted by atomic mass is 19.1. The van der Waals surface area contributed by atoms with E-state index in [0.717, 1.165) is 36.5 Å². The first-order chi connectivity index (χ1) is 13.2. The summed E-state index contributed by atoms with van der Waals surface area (Å²) < 4.78 is 14.9. The largest absolute Gasteiger partial charge is 0.342 e. The van der Waals surface area contributed by atoms with Crippen molar-refractivity contribution in [1.82, 2.24) is 24.4 Å². The van der Waals surface area contributed by atoms with Gasteiger partial charge in [0.25, 0.3) is 0 Å². The molecule has 0 radical (unpaired) electrons. The van der Waals surface area contributed by atoms with Crippen LogP contribution in [0.3, 0.4) is 0 Å². The fourth-order valence-corrected chi connectivity index (χ4v) is 3.53. The normalized spacial score (nSPS) is 17.1. The van der Waals surface area contributed by atoms with Crippen molar-refractivity contribution in [2.45, 2.75) is 25.2 Å². The van der Waals surface area contributed by atoms with Crippen molar-refractivity contribution in [3.05, 3.63) is 72.5 Å². The summed E-state index contributed by atoms with van der Waals surface area (Å²) in [6, 6.07) is 6.10. The lowest BCUT2D eigenvalue weighted by molar-refractivity contribution is -0.131. The summed E-state index contributed by atoms with van der Waals surface area (Å²) in [5.41, 5.74) is 1.71. The van der Waals surface area contributed by atoms with E-state index in [1.165, 1.54) is 12.1 Å². The SMILES string of the molecule is O=C(Cc1ccc(F)cc1)N1CCC[C@@H](c2nccnc2-n2ccnc2)C1. The Morgan fingerprint density at radius 1 is 1.15 bits per heavy atom. The van der Waals surface area contributed by atoms with E-state index in [9.17, 15) is 9.18 Å². The van der Waals surface area contributed by atoms with Gasteiger partial charge in [-0.2, -0.15) is 0 Å². The van der Waals surface area contributed by atoms with Gasteiger partial charge in [0.05, 0.1) is 12.1 Å². The fraction of sp³-hybridized carbons (Fsp3) is 0.300. The summed E-state index contributed by atoms with van der Waals surface area (Å²) in [7, 11) is 0. The number of hydrogen-bond donors (Lipinski definition) is 0. The molecule has 0 bridgehead atoms. The number of carbonyl (C=O) groups excluding carboxylic acids is 1. The molecule has 0 spiro atoms. The van der Waals surface area contributed by atoms with E-state index in [1.807, 2.05) is 15.7 Å². The van der Waals surface area contributed by atoms with E-state index >= 15 is 0 Å². The molecule has 1 amide bonds. The summed E-state index contributed by atoms with van der Waals surface area (Å²) in [6.07, 6.45) is 10.8. The zero-order valence-electron chi connectivity index (χ0n) is 14.8. The number of halogens is 1. The molecule has 0 saturated carbocycles. The molecule has 4 rings (SSSR count). The molecule has 0 aliphatic carbocycles. The van der Waals surface area contributed by atoms with Crippen LogP contribution < -0.4 is 0 Å². The van der Waals surface area contributed by atoms with Crippen molar-refractivity contribution in [2.75, 3.05) is 13.1 Å². The summed E-state index contributed by atoms with van der Waals surface area (Å²) in [4.78, 5) is 27.7. The number of carbonyl (C=O) groups is 1. The number of imidazole rings is 1. The summed E-state index contributed by atoms with van der Waals surface area (Å²) >= 11 is 0. The third-order valence-electron chi connectivity index (χ3n) is 4.88. The molecule has 1 aromatic carbocycles. The van der Waals surface area contributed by atoms with Crippen LogP contribution in [0, 0.1) is 5.82 Å². The second-order valence-corrected chi connectivity index (χ2v) is 6.72. The highest BCUT2D eigenvalue weighted by Gasteiger charge is 2.28. The Bertz CT molecular complexity index is 910. The Hall–Kier alpha value is -3.09. The van der Waals surface area contributed by atoms with Crippen molar-refractivity contribution in [3.8, 4) is 5.82 Å². The van der Waals surface area contributed by atoms with Crippen LogP contribution in [0.2, 0.25) is 0 Å². The molecule has 3 aromatic rings. The van der Waals surface area contributed by atoms with E-state index in [0.29, 0.717) is 6.54 Å². The average Bonchev–Trinajstić information content (AvgIpc) is 3.24. The molecule has 1 atom stereocenters. The van der Waals surface area contributed by atoms with Crippen LogP contribution in [0.25, 0.3) is 5.82 Å². The first kappa shape index (κ1) is 17.3. The van der Waals surface area contributed by atoms with E-state index in [2.05, 4.69) is 15.0 Å². The van der Waals surface area contributed by atoms with Crippen LogP contribution in [-0.4, -0.2) is 43.4 Å². The van der Waals surface area contributed by atoms with Crippen LogP contribution in [-0.2, 0) is 11.2 Å². The van der Waals surface area contributed by atoms with Gasteiger partial charge in [-0.15, -0.1) is 0 Å². The Morgan fingerprint density at radius 3 is 2.74 bits per heavy atom. The molecular weight excluding hydrogens is 345 g/mol. The second-order valence-electron chi connectivity index (χ2n) is 6.72. The molecule has 0 unspecified atom stereocenters. The van der Waals surface area contributed by atoms with Crippen molar-refractivity contribution in [2.24, 2.45) is 0 Å². The first-order valence-electron chi connectivity index (χ1n) is 9.02. The first-order valence-corrected chi connectivity index (χ1v) is 9.02. The topological polar surface area (TPSA) is 63.9 Å². The van der Waals surface area contributed by atoms with Gasteiger partial charge in [0.1, 0.15) is 12.1 Å². The van der Waals surface area contributed by atoms with Crippen molar-refractivity contribution < 1.29 is 9.18 Å². The Labute approximate surface area is 156 Å². The van der Waals surface area contributed by atoms with Crippen LogP contribution in [0.4, 0.5) is 4.39 Å². The number of aromatic nitrogens is 4. The predicted molar refractivity (Wildman–Crippen MR) is 97.8 cm³/mol. The lowest BCUT2D eigenvalue weighted by atomic mass is 9.93. The zero-order valence-corrected chi connectivity index (χ0v) is 14.8. The summed E-state index contributed by atoms with van der Waals surface area (Å²) in [6.45, 7) is 1.34. The van der Waals surface area contributed by atoms with Gasteiger partial charge in [-0.05, 0) is 30.5 Å². The second kappa shape index (κ2) is 7.65. The molecule has 1 saturated heterocycles. The lowest BCUT2D eigenvalue weighted by Gasteiger charge is -2.33. The van der Waals surface area contributed by atoms with Crippen LogP contribution >= 0.6 is 0 Å². The standard InChI is InChI=1S/C20H20FN5O/c21-17-5-3-15(4-6-17)12-18(27)25-10-1-2-16(13-25)19-20(24-8-7-23-19)26-11-9-22-14-26/h3-9,11,14,16H,1-2,10,12-13H2/t16-/m1/s1.